The molecule has 0 spiro atoms. The van der Waals surface area contributed by atoms with E-state index in [-0.39, 0.29) is 15.9 Å². The number of amides is 1. The number of hydrogen-bond acceptors (Lipinski definition) is 4. The molecule has 9 heteroatoms. The molecule has 1 unspecified atom stereocenters. The molecule has 1 aromatic rings. The predicted octanol–water partition coefficient (Wildman–Crippen LogP) is 3.27. The second kappa shape index (κ2) is 7.59. The quantitative estimate of drug-likeness (QED) is 0.788. The summed E-state index contributed by atoms with van der Waals surface area (Å²) in [7, 11) is -3.87. The van der Waals surface area contributed by atoms with Crippen molar-refractivity contribution >= 4 is 32.0 Å². The second-order valence-electron chi connectivity index (χ2n) is 6.96. The van der Waals surface area contributed by atoms with Gasteiger partial charge in [0, 0.05) is 19.1 Å². The topological polar surface area (TPSA) is 75.7 Å². The Morgan fingerprint density at radius 2 is 2.08 bits per heavy atom. The Morgan fingerprint density at radius 3 is 2.68 bits per heavy atom. The van der Waals surface area contributed by atoms with Crippen LogP contribution in [0.4, 0.5) is 9.18 Å². The van der Waals surface area contributed by atoms with E-state index in [1.165, 1.54) is 17.0 Å². The van der Waals surface area contributed by atoms with E-state index in [9.17, 15) is 17.6 Å². The third kappa shape index (κ3) is 5.65. The number of hydrogen-bond donors (Lipinski definition) is 1. The van der Waals surface area contributed by atoms with Gasteiger partial charge in [0.1, 0.15) is 11.4 Å². The fraction of sp³-hybridized carbons (Fsp3) is 0.562. The van der Waals surface area contributed by atoms with E-state index >= 15 is 0 Å². The van der Waals surface area contributed by atoms with Crippen molar-refractivity contribution in [3.63, 3.8) is 0 Å². The fourth-order valence-electron chi connectivity index (χ4n) is 2.50. The van der Waals surface area contributed by atoms with Crippen molar-refractivity contribution < 1.29 is 22.3 Å². The van der Waals surface area contributed by atoms with Crippen LogP contribution in [0.2, 0.25) is 0 Å². The maximum absolute atomic E-state index is 13.6. The highest BCUT2D eigenvalue weighted by molar-refractivity contribution is 9.10. The number of ether oxygens (including phenoxy) is 1. The number of sulfonamides is 1. The Kier molecular flexibility index (Phi) is 6.11. The van der Waals surface area contributed by atoms with Gasteiger partial charge in [0.05, 0.1) is 9.37 Å². The molecular weight excluding hydrogens is 415 g/mol. The molecule has 1 aromatic carbocycles. The van der Waals surface area contributed by atoms with Crippen LogP contribution in [0, 0.1) is 5.82 Å². The van der Waals surface area contributed by atoms with Crippen LogP contribution in [-0.2, 0) is 14.8 Å². The van der Waals surface area contributed by atoms with E-state index in [2.05, 4.69) is 20.7 Å². The minimum absolute atomic E-state index is 0.150. The van der Waals surface area contributed by atoms with Gasteiger partial charge in [-0.1, -0.05) is 0 Å². The summed E-state index contributed by atoms with van der Waals surface area (Å²) in [5.41, 5.74) is -0.613. The van der Waals surface area contributed by atoms with Crippen LogP contribution in [-0.4, -0.2) is 44.1 Å². The van der Waals surface area contributed by atoms with Crippen LogP contribution in [0.1, 0.15) is 33.6 Å². The molecule has 0 aromatic heterocycles. The molecule has 1 fully saturated rings. The molecule has 1 N–H and O–H groups in total. The van der Waals surface area contributed by atoms with Gasteiger partial charge in [-0.2, -0.15) is 0 Å². The first-order chi connectivity index (χ1) is 11.5. The third-order valence-electron chi connectivity index (χ3n) is 3.60. The molecular formula is C16H22BrFN2O4S. The molecule has 1 saturated heterocycles. The summed E-state index contributed by atoms with van der Waals surface area (Å²) in [6, 6.07) is 3.18. The van der Waals surface area contributed by atoms with Gasteiger partial charge in [0.15, 0.2) is 0 Å². The first kappa shape index (κ1) is 20.1. The molecule has 1 amide bonds. The van der Waals surface area contributed by atoms with Gasteiger partial charge in [-0.15, -0.1) is 0 Å². The second-order valence-corrected chi connectivity index (χ2v) is 9.53. The average Bonchev–Trinajstić information content (AvgIpc) is 2.48. The molecule has 140 valence electrons. The van der Waals surface area contributed by atoms with Crippen molar-refractivity contribution in [3.05, 3.63) is 28.5 Å². The van der Waals surface area contributed by atoms with Crippen molar-refractivity contribution in [2.24, 2.45) is 0 Å². The van der Waals surface area contributed by atoms with Crippen LogP contribution >= 0.6 is 15.9 Å². The number of benzene rings is 1. The van der Waals surface area contributed by atoms with Gasteiger partial charge >= 0.3 is 6.09 Å². The standard InChI is InChI=1S/C16H22BrFN2O4S/c1-16(2,3)24-15(21)20-8-4-5-11(10-20)19-25(22,23)12-6-7-13(17)14(18)9-12/h6-7,9,11,19H,4-5,8,10H2,1-3H3. The first-order valence-corrected chi connectivity index (χ1v) is 10.2. The molecule has 1 aliphatic rings. The van der Waals surface area contributed by atoms with Crippen molar-refractivity contribution in [2.75, 3.05) is 13.1 Å². The zero-order valence-electron chi connectivity index (χ0n) is 14.4. The zero-order valence-corrected chi connectivity index (χ0v) is 16.8. The molecule has 0 bridgehead atoms. The summed E-state index contributed by atoms with van der Waals surface area (Å²) >= 11 is 2.99. The van der Waals surface area contributed by atoms with Gasteiger partial charge in [-0.05, 0) is 67.7 Å². The summed E-state index contributed by atoms with van der Waals surface area (Å²) in [5.74, 6) is -0.651. The van der Waals surface area contributed by atoms with Gasteiger partial charge in [-0.25, -0.2) is 22.3 Å². The van der Waals surface area contributed by atoms with Gasteiger partial charge in [0.2, 0.25) is 10.0 Å². The lowest BCUT2D eigenvalue weighted by atomic mass is 10.1. The maximum Gasteiger partial charge on any atom is 0.410 e. The minimum Gasteiger partial charge on any atom is -0.444 e. The van der Waals surface area contributed by atoms with Crippen molar-refractivity contribution in [1.82, 2.24) is 9.62 Å². The molecule has 1 atom stereocenters. The summed E-state index contributed by atoms with van der Waals surface area (Å²) in [6.07, 6.45) is 0.782. The molecule has 2 rings (SSSR count). The summed E-state index contributed by atoms with van der Waals surface area (Å²) < 4.78 is 46.6. The zero-order chi connectivity index (χ0) is 18.8. The van der Waals surface area contributed by atoms with Crippen molar-refractivity contribution in [2.45, 2.75) is 50.2 Å². The number of likely N-dealkylation sites (tertiary alicyclic amines) is 1. The number of halogens is 2. The van der Waals surface area contributed by atoms with Crippen LogP contribution in [0.15, 0.2) is 27.6 Å². The van der Waals surface area contributed by atoms with E-state index in [1.807, 2.05) is 0 Å². The number of nitrogens with zero attached hydrogens (tertiary/aromatic N) is 1. The van der Waals surface area contributed by atoms with E-state index in [0.717, 1.165) is 6.07 Å². The Bertz CT molecular complexity index is 749. The van der Waals surface area contributed by atoms with Gasteiger partial charge in [-0.3, -0.25) is 0 Å². The lowest BCUT2D eigenvalue weighted by Gasteiger charge is -2.34. The first-order valence-electron chi connectivity index (χ1n) is 7.93. The Hall–Kier alpha value is -1.19. The average molecular weight is 437 g/mol. The number of carbonyl (C=O) groups is 1. The largest absolute Gasteiger partial charge is 0.444 e. The van der Waals surface area contributed by atoms with E-state index < -0.39 is 33.6 Å². The highest BCUT2D eigenvalue weighted by Gasteiger charge is 2.30. The molecule has 0 radical (unpaired) electrons. The minimum atomic E-state index is -3.87. The highest BCUT2D eigenvalue weighted by Crippen LogP contribution is 2.21. The van der Waals surface area contributed by atoms with E-state index in [0.29, 0.717) is 19.4 Å². The van der Waals surface area contributed by atoms with E-state index in [4.69, 9.17) is 4.74 Å². The summed E-state index contributed by atoms with van der Waals surface area (Å²) in [6.45, 7) is 6.05. The third-order valence-corrected chi connectivity index (χ3v) is 5.76. The lowest BCUT2D eigenvalue weighted by Crippen LogP contribution is -2.50. The Labute approximate surface area is 155 Å². The molecule has 6 nitrogen and oxygen atoms in total. The van der Waals surface area contributed by atoms with Crippen molar-refractivity contribution in [1.29, 1.82) is 0 Å². The Balaban J connectivity index is 2.06. The number of rotatable bonds is 3. The van der Waals surface area contributed by atoms with Crippen LogP contribution < -0.4 is 4.72 Å². The molecule has 1 heterocycles. The van der Waals surface area contributed by atoms with Gasteiger partial charge < -0.3 is 9.64 Å². The monoisotopic (exact) mass is 436 g/mol. The van der Waals surface area contributed by atoms with Crippen LogP contribution in [0.3, 0.4) is 0 Å². The van der Waals surface area contributed by atoms with Crippen LogP contribution in [0.5, 0.6) is 0 Å². The molecule has 1 aliphatic heterocycles. The summed E-state index contributed by atoms with van der Waals surface area (Å²) in [5, 5.41) is 0. The lowest BCUT2D eigenvalue weighted by molar-refractivity contribution is 0.0195. The number of piperidine rings is 1. The maximum atomic E-state index is 13.6. The number of nitrogens with one attached hydrogen (secondary N) is 1. The molecule has 0 saturated carbocycles. The van der Waals surface area contributed by atoms with Gasteiger partial charge in [0.25, 0.3) is 0 Å². The fourth-order valence-corrected chi connectivity index (χ4v) is 4.02. The predicted molar refractivity (Wildman–Crippen MR) is 95.3 cm³/mol. The normalized spacial score (nSPS) is 18.9. The van der Waals surface area contributed by atoms with Crippen LogP contribution in [0.25, 0.3) is 0 Å². The molecule has 25 heavy (non-hydrogen) atoms. The van der Waals surface area contributed by atoms with E-state index in [1.54, 1.807) is 20.8 Å². The summed E-state index contributed by atoms with van der Waals surface area (Å²) in [4.78, 5) is 13.5. The molecule has 0 aliphatic carbocycles. The van der Waals surface area contributed by atoms with Crippen molar-refractivity contribution in [3.8, 4) is 0 Å². The smallest absolute Gasteiger partial charge is 0.410 e. The SMILES string of the molecule is CC(C)(C)OC(=O)N1CCCC(NS(=O)(=O)c2ccc(Br)c(F)c2)C1. The Morgan fingerprint density at radius 1 is 1.40 bits per heavy atom. The highest BCUT2D eigenvalue weighted by atomic mass is 79.9. The number of carbonyl (C=O) groups excluding carboxylic acids is 1.